The lowest BCUT2D eigenvalue weighted by Gasteiger charge is -2.31. The molecule has 0 spiro atoms. The number of halogens is 2. The standard InChI is InChI=1S/C13H14BrFN2O2/c14-10-4-3-8(6-11(10)15)13(19)17-5-1-2-9(7-17)12(16)18/h3-4,6,9H,1-2,5,7H2,(H2,16,18)/t9-/m0/s1. The predicted molar refractivity (Wildman–Crippen MR) is 71.9 cm³/mol. The van der Waals surface area contributed by atoms with Crippen LogP contribution in [0.25, 0.3) is 0 Å². The minimum Gasteiger partial charge on any atom is -0.369 e. The minimum atomic E-state index is -0.477. The SMILES string of the molecule is NC(=O)[C@H]1CCCN(C(=O)c2ccc(Br)c(F)c2)C1. The Morgan fingerprint density at radius 2 is 2.16 bits per heavy atom. The van der Waals surface area contributed by atoms with Gasteiger partial charge in [0, 0.05) is 18.7 Å². The normalized spacial score (nSPS) is 19.3. The Labute approximate surface area is 118 Å². The quantitative estimate of drug-likeness (QED) is 0.901. The molecule has 1 atom stereocenters. The number of piperidine rings is 1. The summed E-state index contributed by atoms with van der Waals surface area (Å²) in [6.07, 6.45) is 1.44. The highest BCUT2D eigenvalue weighted by atomic mass is 79.9. The van der Waals surface area contributed by atoms with Crippen molar-refractivity contribution in [1.29, 1.82) is 0 Å². The number of benzene rings is 1. The molecule has 102 valence electrons. The van der Waals surface area contributed by atoms with Crippen LogP contribution in [-0.4, -0.2) is 29.8 Å². The van der Waals surface area contributed by atoms with Crippen LogP contribution in [-0.2, 0) is 4.79 Å². The summed E-state index contributed by atoms with van der Waals surface area (Å²) in [6.45, 7) is 0.881. The fourth-order valence-corrected chi connectivity index (χ4v) is 2.45. The average molecular weight is 329 g/mol. The number of carbonyl (C=O) groups is 2. The summed E-state index contributed by atoms with van der Waals surface area (Å²) in [5.41, 5.74) is 5.55. The lowest BCUT2D eigenvalue weighted by molar-refractivity contribution is -0.123. The van der Waals surface area contributed by atoms with Crippen molar-refractivity contribution in [3.05, 3.63) is 34.1 Å². The van der Waals surface area contributed by atoms with Crippen LogP contribution in [0.1, 0.15) is 23.2 Å². The van der Waals surface area contributed by atoms with E-state index in [1.165, 1.54) is 12.1 Å². The second-order valence-corrected chi connectivity index (χ2v) is 5.48. The summed E-state index contributed by atoms with van der Waals surface area (Å²) in [6, 6.07) is 4.25. The van der Waals surface area contributed by atoms with Crippen molar-refractivity contribution in [2.75, 3.05) is 13.1 Å². The molecule has 1 saturated heterocycles. The molecule has 0 bridgehead atoms. The Kier molecular flexibility index (Phi) is 4.19. The second-order valence-electron chi connectivity index (χ2n) is 4.62. The number of rotatable bonds is 2. The number of carbonyl (C=O) groups excluding carboxylic acids is 2. The highest BCUT2D eigenvalue weighted by Gasteiger charge is 2.27. The molecular formula is C13H14BrFN2O2. The van der Waals surface area contributed by atoms with Crippen molar-refractivity contribution in [2.24, 2.45) is 11.7 Å². The van der Waals surface area contributed by atoms with Crippen molar-refractivity contribution in [3.8, 4) is 0 Å². The van der Waals surface area contributed by atoms with E-state index in [4.69, 9.17) is 5.73 Å². The minimum absolute atomic E-state index is 0.266. The predicted octanol–water partition coefficient (Wildman–Crippen LogP) is 1.93. The van der Waals surface area contributed by atoms with Crippen molar-refractivity contribution >= 4 is 27.7 Å². The maximum atomic E-state index is 13.4. The number of hydrogen-bond donors (Lipinski definition) is 1. The van der Waals surface area contributed by atoms with Crippen molar-refractivity contribution < 1.29 is 14.0 Å². The van der Waals surface area contributed by atoms with Gasteiger partial charge in [0.1, 0.15) is 5.82 Å². The molecule has 6 heteroatoms. The number of hydrogen-bond acceptors (Lipinski definition) is 2. The lowest BCUT2D eigenvalue weighted by Crippen LogP contribution is -2.44. The maximum absolute atomic E-state index is 13.4. The Balaban J connectivity index is 2.14. The van der Waals surface area contributed by atoms with Gasteiger partial charge in [0.05, 0.1) is 10.4 Å². The molecule has 0 radical (unpaired) electrons. The van der Waals surface area contributed by atoms with Gasteiger partial charge in [0.25, 0.3) is 5.91 Å². The zero-order chi connectivity index (χ0) is 14.0. The van der Waals surface area contributed by atoms with Crippen LogP contribution < -0.4 is 5.73 Å². The average Bonchev–Trinajstić information content (AvgIpc) is 2.41. The Hall–Kier alpha value is -1.43. The van der Waals surface area contributed by atoms with E-state index in [0.29, 0.717) is 24.0 Å². The van der Waals surface area contributed by atoms with E-state index >= 15 is 0 Å². The Morgan fingerprint density at radius 1 is 1.42 bits per heavy atom. The van der Waals surface area contributed by atoms with Crippen molar-refractivity contribution in [3.63, 3.8) is 0 Å². The third kappa shape index (κ3) is 3.12. The van der Waals surface area contributed by atoms with E-state index in [0.717, 1.165) is 6.42 Å². The first-order valence-corrected chi connectivity index (χ1v) is 6.82. The molecule has 1 heterocycles. The molecule has 2 amide bonds. The van der Waals surface area contributed by atoms with E-state index in [2.05, 4.69) is 15.9 Å². The fraction of sp³-hybridized carbons (Fsp3) is 0.385. The van der Waals surface area contributed by atoms with E-state index < -0.39 is 5.82 Å². The van der Waals surface area contributed by atoms with Gasteiger partial charge in [-0.1, -0.05) is 0 Å². The summed E-state index contributed by atoms with van der Waals surface area (Å²) in [7, 11) is 0. The second kappa shape index (κ2) is 5.69. The van der Waals surface area contributed by atoms with Gasteiger partial charge >= 0.3 is 0 Å². The molecular weight excluding hydrogens is 315 g/mol. The Morgan fingerprint density at radius 3 is 2.79 bits per heavy atom. The first kappa shape index (κ1) is 14.0. The van der Waals surface area contributed by atoms with Crippen LogP contribution in [0.3, 0.4) is 0 Å². The van der Waals surface area contributed by atoms with Gasteiger partial charge in [0.15, 0.2) is 0 Å². The largest absolute Gasteiger partial charge is 0.369 e. The van der Waals surface area contributed by atoms with Gasteiger partial charge in [-0.3, -0.25) is 9.59 Å². The van der Waals surface area contributed by atoms with Gasteiger partial charge in [-0.15, -0.1) is 0 Å². The van der Waals surface area contributed by atoms with Gasteiger partial charge < -0.3 is 10.6 Å². The number of primary amides is 1. The van der Waals surface area contributed by atoms with Crippen LogP contribution in [0, 0.1) is 11.7 Å². The smallest absolute Gasteiger partial charge is 0.253 e. The van der Waals surface area contributed by atoms with Gasteiger partial charge in [-0.05, 0) is 47.0 Å². The molecule has 0 saturated carbocycles. The summed E-state index contributed by atoms with van der Waals surface area (Å²) in [5, 5.41) is 0. The van der Waals surface area contributed by atoms with Gasteiger partial charge in [0.2, 0.25) is 5.91 Å². The van der Waals surface area contributed by atoms with Crippen LogP contribution >= 0.6 is 15.9 Å². The summed E-state index contributed by atoms with van der Waals surface area (Å²) >= 11 is 3.04. The van der Waals surface area contributed by atoms with E-state index in [1.807, 2.05) is 0 Å². The Bertz CT molecular complexity index is 521. The first-order valence-electron chi connectivity index (χ1n) is 6.02. The third-order valence-corrected chi connectivity index (χ3v) is 3.92. The van der Waals surface area contributed by atoms with E-state index in [-0.39, 0.29) is 23.3 Å². The van der Waals surface area contributed by atoms with Crippen LogP contribution in [0.2, 0.25) is 0 Å². The summed E-state index contributed by atoms with van der Waals surface area (Å²) in [4.78, 5) is 25.0. The number of amides is 2. The van der Waals surface area contributed by atoms with Gasteiger partial charge in [-0.2, -0.15) is 0 Å². The van der Waals surface area contributed by atoms with E-state index in [1.54, 1.807) is 11.0 Å². The van der Waals surface area contributed by atoms with Crippen LogP contribution in [0.15, 0.2) is 22.7 Å². The van der Waals surface area contributed by atoms with Crippen LogP contribution in [0.5, 0.6) is 0 Å². The molecule has 1 aliphatic heterocycles. The third-order valence-electron chi connectivity index (χ3n) is 3.28. The topological polar surface area (TPSA) is 63.4 Å². The molecule has 0 unspecified atom stereocenters. The zero-order valence-electron chi connectivity index (χ0n) is 10.2. The highest BCUT2D eigenvalue weighted by molar-refractivity contribution is 9.10. The van der Waals surface area contributed by atoms with Crippen molar-refractivity contribution in [1.82, 2.24) is 4.90 Å². The maximum Gasteiger partial charge on any atom is 0.253 e. The lowest BCUT2D eigenvalue weighted by atomic mass is 9.97. The molecule has 1 aromatic rings. The monoisotopic (exact) mass is 328 g/mol. The molecule has 4 nitrogen and oxygen atoms in total. The summed E-state index contributed by atoms with van der Waals surface area (Å²) < 4.78 is 13.7. The number of nitrogens with zero attached hydrogens (tertiary/aromatic N) is 1. The molecule has 0 aromatic heterocycles. The first-order chi connectivity index (χ1) is 8.99. The van der Waals surface area contributed by atoms with Crippen LogP contribution in [0.4, 0.5) is 4.39 Å². The molecule has 19 heavy (non-hydrogen) atoms. The van der Waals surface area contributed by atoms with E-state index in [9.17, 15) is 14.0 Å². The molecule has 1 fully saturated rings. The summed E-state index contributed by atoms with van der Waals surface area (Å²) in [5.74, 6) is -1.44. The zero-order valence-corrected chi connectivity index (χ0v) is 11.8. The fourth-order valence-electron chi connectivity index (χ4n) is 2.21. The van der Waals surface area contributed by atoms with Gasteiger partial charge in [-0.25, -0.2) is 4.39 Å². The highest BCUT2D eigenvalue weighted by Crippen LogP contribution is 2.21. The number of likely N-dealkylation sites (tertiary alicyclic amines) is 1. The molecule has 2 rings (SSSR count). The molecule has 2 N–H and O–H groups in total. The molecule has 0 aliphatic carbocycles. The van der Waals surface area contributed by atoms with Crippen molar-refractivity contribution in [2.45, 2.75) is 12.8 Å². The number of nitrogens with two attached hydrogens (primary N) is 1. The molecule has 1 aliphatic rings. The molecule has 1 aromatic carbocycles.